The molecule has 0 saturated carbocycles. The van der Waals surface area contributed by atoms with E-state index in [4.69, 9.17) is 16.3 Å². The molecule has 0 aliphatic carbocycles. The maximum atomic E-state index is 14.0. The van der Waals surface area contributed by atoms with Gasteiger partial charge in [-0.2, -0.15) is 13.2 Å². The van der Waals surface area contributed by atoms with Crippen molar-refractivity contribution in [3.05, 3.63) is 70.0 Å². The molecule has 5 nitrogen and oxygen atoms in total. The average molecular weight is 498 g/mol. The van der Waals surface area contributed by atoms with Gasteiger partial charge in [0, 0.05) is 18.1 Å². The first kappa shape index (κ1) is 23.5. The third-order valence-corrected chi connectivity index (χ3v) is 7.73. The number of rotatable bonds is 5. The fourth-order valence-electron chi connectivity index (χ4n) is 5.47. The van der Waals surface area contributed by atoms with Crippen molar-refractivity contribution in [1.82, 2.24) is 15.5 Å². The lowest BCUT2D eigenvalue weighted by Crippen LogP contribution is -2.61. The fraction of sp³-hybridized carbons (Fsp3) is 0.458. The van der Waals surface area contributed by atoms with Gasteiger partial charge in [0.1, 0.15) is 17.5 Å². The Hall–Kier alpha value is -2.20. The Labute approximate surface area is 199 Å². The van der Waals surface area contributed by atoms with Crippen molar-refractivity contribution in [2.24, 2.45) is 0 Å². The predicted octanol–water partition coefficient (Wildman–Crippen LogP) is 3.85. The molecule has 3 aliphatic heterocycles. The predicted molar refractivity (Wildman–Crippen MR) is 118 cm³/mol. The number of amides is 1. The SMILES string of the molecule is O=C1NCNC12CCN(C(Cc1c(Cl)cccc1C(F)(F)F)(c1ccc(F)cc1)[C@@H]1CO1)CC2. The molecule has 3 fully saturated rings. The molecule has 3 saturated heterocycles. The summed E-state index contributed by atoms with van der Waals surface area (Å²) in [6.07, 6.45) is -4.07. The molecule has 34 heavy (non-hydrogen) atoms. The van der Waals surface area contributed by atoms with Gasteiger partial charge in [-0.25, -0.2) is 4.39 Å². The lowest BCUT2D eigenvalue weighted by atomic mass is 9.75. The first-order valence-corrected chi connectivity index (χ1v) is 11.5. The van der Waals surface area contributed by atoms with E-state index in [0.29, 0.717) is 44.8 Å². The Morgan fingerprint density at radius 1 is 1.12 bits per heavy atom. The number of hydrogen-bond acceptors (Lipinski definition) is 4. The Morgan fingerprint density at radius 2 is 1.79 bits per heavy atom. The largest absolute Gasteiger partial charge is 0.416 e. The van der Waals surface area contributed by atoms with E-state index in [1.54, 1.807) is 12.1 Å². The molecule has 3 aliphatic rings. The Bertz CT molecular complexity index is 1080. The van der Waals surface area contributed by atoms with Crippen LogP contribution in [0, 0.1) is 5.82 Å². The summed E-state index contributed by atoms with van der Waals surface area (Å²) in [6, 6.07) is 9.59. The minimum Gasteiger partial charge on any atom is -0.371 e. The van der Waals surface area contributed by atoms with Crippen LogP contribution in [0.15, 0.2) is 42.5 Å². The normalized spacial score (nSPS) is 24.1. The van der Waals surface area contributed by atoms with Gasteiger partial charge in [0.2, 0.25) is 5.91 Å². The van der Waals surface area contributed by atoms with Gasteiger partial charge in [-0.15, -0.1) is 0 Å². The number of carbonyl (C=O) groups is 1. The van der Waals surface area contributed by atoms with Gasteiger partial charge in [0.05, 0.1) is 24.4 Å². The number of alkyl halides is 3. The number of carbonyl (C=O) groups excluding carboxylic acids is 1. The molecule has 2 aromatic carbocycles. The number of halogens is 5. The van der Waals surface area contributed by atoms with Crippen LogP contribution in [0.2, 0.25) is 5.02 Å². The number of ether oxygens (including phenoxy) is 1. The highest BCUT2D eigenvalue weighted by molar-refractivity contribution is 6.31. The molecule has 2 N–H and O–H groups in total. The van der Waals surface area contributed by atoms with Crippen molar-refractivity contribution < 1.29 is 27.1 Å². The summed E-state index contributed by atoms with van der Waals surface area (Å²) in [6.45, 7) is 1.65. The van der Waals surface area contributed by atoms with Gasteiger partial charge in [-0.1, -0.05) is 29.8 Å². The van der Waals surface area contributed by atoms with Crippen LogP contribution < -0.4 is 10.6 Å². The number of piperidine rings is 1. The minimum absolute atomic E-state index is 0.0199. The lowest BCUT2D eigenvalue weighted by molar-refractivity contribution is -0.138. The number of epoxide rings is 1. The van der Waals surface area contributed by atoms with Crippen molar-refractivity contribution in [2.75, 3.05) is 26.4 Å². The van der Waals surface area contributed by atoms with Crippen LogP contribution in [0.3, 0.4) is 0 Å². The zero-order valence-corrected chi connectivity index (χ0v) is 19.0. The highest BCUT2D eigenvalue weighted by Gasteiger charge is 2.56. The summed E-state index contributed by atoms with van der Waals surface area (Å²) in [5, 5.41) is 6.06. The molecule has 2 atom stereocenters. The number of nitrogens with one attached hydrogen (secondary N) is 2. The molecule has 0 bridgehead atoms. The summed E-state index contributed by atoms with van der Waals surface area (Å²) in [5.74, 6) is -0.500. The molecule has 1 unspecified atom stereocenters. The Balaban J connectivity index is 1.59. The fourth-order valence-corrected chi connectivity index (χ4v) is 5.71. The molecule has 10 heteroatoms. The van der Waals surface area contributed by atoms with E-state index >= 15 is 0 Å². The first-order chi connectivity index (χ1) is 16.2. The van der Waals surface area contributed by atoms with Crippen LogP contribution in [-0.4, -0.2) is 48.8 Å². The number of hydrogen-bond donors (Lipinski definition) is 2. The van der Waals surface area contributed by atoms with Crippen LogP contribution >= 0.6 is 11.6 Å². The van der Waals surface area contributed by atoms with E-state index in [-0.39, 0.29) is 22.9 Å². The van der Waals surface area contributed by atoms with Crippen LogP contribution in [0.5, 0.6) is 0 Å². The van der Waals surface area contributed by atoms with Gasteiger partial charge in [-0.05, 0) is 54.7 Å². The summed E-state index contributed by atoms with van der Waals surface area (Å²) in [4.78, 5) is 14.5. The highest BCUT2D eigenvalue weighted by atomic mass is 35.5. The van der Waals surface area contributed by atoms with Crippen LogP contribution in [0.25, 0.3) is 0 Å². The third kappa shape index (κ3) is 3.98. The molecule has 5 rings (SSSR count). The zero-order chi connectivity index (χ0) is 24.1. The molecular weight excluding hydrogens is 474 g/mol. The molecular formula is C24H24ClF4N3O2. The Morgan fingerprint density at radius 3 is 2.35 bits per heavy atom. The van der Waals surface area contributed by atoms with E-state index in [2.05, 4.69) is 15.5 Å². The molecule has 1 spiro atoms. The molecule has 2 aromatic rings. The van der Waals surface area contributed by atoms with Crippen LogP contribution in [0.4, 0.5) is 17.6 Å². The van der Waals surface area contributed by atoms with E-state index < -0.39 is 34.7 Å². The standard InChI is InChI=1S/C24H24ClF4N3O2/c25-19-3-1-2-18(24(27,28)29)17(19)12-23(20-13-34-20,15-4-6-16(26)7-5-15)32-10-8-22(9-11-32)21(33)30-14-31-22/h1-7,20,31H,8-14H2,(H,30,33)/t20-,23?/m0/s1. The second kappa shape index (κ2) is 8.48. The lowest BCUT2D eigenvalue weighted by Gasteiger charge is -2.49. The molecule has 182 valence electrons. The van der Waals surface area contributed by atoms with E-state index in [1.165, 1.54) is 24.3 Å². The molecule has 0 aromatic heterocycles. The van der Waals surface area contributed by atoms with Crippen LogP contribution in [0.1, 0.15) is 29.5 Å². The first-order valence-electron chi connectivity index (χ1n) is 11.2. The zero-order valence-electron chi connectivity index (χ0n) is 18.2. The number of likely N-dealkylation sites (tertiary alicyclic amines) is 1. The summed E-state index contributed by atoms with van der Waals surface area (Å²) < 4.78 is 61.4. The molecule has 1 amide bonds. The topological polar surface area (TPSA) is 56.9 Å². The van der Waals surface area contributed by atoms with Crippen molar-refractivity contribution in [2.45, 2.75) is 42.6 Å². The second-order valence-electron chi connectivity index (χ2n) is 9.12. The van der Waals surface area contributed by atoms with Gasteiger partial charge in [0.25, 0.3) is 0 Å². The maximum absolute atomic E-state index is 14.0. The quantitative estimate of drug-likeness (QED) is 0.487. The van der Waals surface area contributed by atoms with Gasteiger partial charge >= 0.3 is 6.18 Å². The summed E-state index contributed by atoms with van der Waals surface area (Å²) >= 11 is 6.35. The summed E-state index contributed by atoms with van der Waals surface area (Å²) in [5.41, 5.74) is -1.85. The van der Waals surface area contributed by atoms with Crippen LogP contribution in [-0.2, 0) is 27.7 Å². The van der Waals surface area contributed by atoms with E-state index in [1.807, 2.05) is 0 Å². The van der Waals surface area contributed by atoms with Crippen molar-refractivity contribution >= 4 is 17.5 Å². The number of benzene rings is 2. The van der Waals surface area contributed by atoms with Gasteiger partial charge in [-0.3, -0.25) is 15.0 Å². The smallest absolute Gasteiger partial charge is 0.371 e. The van der Waals surface area contributed by atoms with Crippen molar-refractivity contribution in [1.29, 1.82) is 0 Å². The van der Waals surface area contributed by atoms with E-state index in [0.717, 1.165) is 6.07 Å². The monoisotopic (exact) mass is 497 g/mol. The molecule has 0 radical (unpaired) electrons. The van der Waals surface area contributed by atoms with Crippen molar-refractivity contribution in [3.8, 4) is 0 Å². The van der Waals surface area contributed by atoms with E-state index in [9.17, 15) is 22.4 Å². The Kier molecular flexibility index (Phi) is 5.87. The molecule has 3 heterocycles. The van der Waals surface area contributed by atoms with Crippen molar-refractivity contribution in [3.63, 3.8) is 0 Å². The highest BCUT2D eigenvalue weighted by Crippen LogP contribution is 2.47. The second-order valence-corrected chi connectivity index (χ2v) is 9.53. The summed E-state index contributed by atoms with van der Waals surface area (Å²) in [7, 11) is 0. The maximum Gasteiger partial charge on any atom is 0.416 e. The average Bonchev–Trinajstić information content (AvgIpc) is 3.59. The third-order valence-electron chi connectivity index (χ3n) is 7.37. The minimum atomic E-state index is -4.59. The van der Waals surface area contributed by atoms with Gasteiger partial charge < -0.3 is 10.1 Å². The van der Waals surface area contributed by atoms with Gasteiger partial charge in [0.15, 0.2) is 0 Å². The number of nitrogens with zero attached hydrogens (tertiary/aromatic N) is 1.